The van der Waals surface area contributed by atoms with Crippen LogP contribution in [0, 0.1) is 11.3 Å². The van der Waals surface area contributed by atoms with Crippen LogP contribution in [0.1, 0.15) is 24.1 Å². The zero-order valence-corrected chi connectivity index (χ0v) is 18.4. The molecule has 2 N–H and O–H groups in total. The van der Waals surface area contributed by atoms with Gasteiger partial charge in [0.1, 0.15) is 16.8 Å². The number of hydrogen-bond acceptors (Lipinski definition) is 7. The molecule has 2 aromatic rings. The van der Waals surface area contributed by atoms with Crippen LogP contribution < -0.4 is 5.73 Å². The fraction of sp³-hybridized carbons (Fsp3) is 0.136. The summed E-state index contributed by atoms with van der Waals surface area (Å²) in [5.74, 6) is -0.182. The highest BCUT2D eigenvalue weighted by molar-refractivity contribution is 9.10. The van der Waals surface area contributed by atoms with Crippen LogP contribution in [0.25, 0.3) is 5.70 Å². The second-order valence-electron chi connectivity index (χ2n) is 6.50. The number of nitrogens with two attached hydrogens (primary N) is 1. The third-order valence-electron chi connectivity index (χ3n) is 4.72. The van der Waals surface area contributed by atoms with Gasteiger partial charge in [0.25, 0.3) is 0 Å². The molecule has 2 aliphatic rings. The van der Waals surface area contributed by atoms with Crippen molar-refractivity contribution in [3.8, 4) is 6.07 Å². The van der Waals surface area contributed by atoms with Gasteiger partial charge < -0.3 is 10.5 Å². The summed E-state index contributed by atoms with van der Waals surface area (Å²) in [5.41, 5.74) is 8.86. The van der Waals surface area contributed by atoms with E-state index in [2.05, 4.69) is 22.0 Å². The summed E-state index contributed by atoms with van der Waals surface area (Å²) in [6.07, 6.45) is 0. The van der Waals surface area contributed by atoms with E-state index in [-0.39, 0.29) is 12.4 Å². The van der Waals surface area contributed by atoms with Crippen molar-refractivity contribution < 1.29 is 9.53 Å². The Kier molecular flexibility index (Phi) is 5.66. The number of hydrogen-bond donors (Lipinski definition) is 1. The van der Waals surface area contributed by atoms with E-state index in [0.29, 0.717) is 21.3 Å². The van der Waals surface area contributed by atoms with Gasteiger partial charge in [-0.05, 0) is 36.4 Å². The number of fused-ring (bicyclic) bond motifs is 1. The van der Waals surface area contributed by atoms with Gasteiger partial charge >= 0.3 is 5.97 Å². The summed E-state index contributed by atoms with van der Waals surface area (Å²) < 4.78 is 6.33. The van der Waals surface area contributed by atoms with Crippen LogP contribution in [0.4, 0.5) is 0 Å². The van der Waals surface area contributed by atoms with Crippen molar-refractivity contribution in [2.45, 2.75) is 13.0 Å². The second-order valence-corrected chi connectivity index (χ2v) is 8.39. The lowest BCUT2D eigenvalue weighted by Crippen LogP contribution is -2.38. The second kappa shape index (κ2) is 8.38. The van der Waals surface area contributed by atoms with Crippen molar-refractivity contribution in [2.75, 3.05) is 6.61 Å². The van der Waals surface area contributed by atoms with Crippen LogP contribution in [0.15, 0.2) is 80.4 Å². The topological polar surface area (TPSA) is 91.7 Å². The molecule has 1 atom stereocenters. The Morgan fingerprint density at radius 2 is 1.97 bits per heavy atom. The van der Waals surface area contributed by atoms with Gasteiger partial charge in [-0.2, -0.15) is 5.26 Å². The maximum absolute atomic E-state index is 13.2. The molecule has 0 spiro atoms. The average Bonchev–Trinajstić information content (AvgIpc) is 3.09. The van der Waals surface area contributed by atoms with Crippen LogP contribution in [0.3, 0.4) is 0 Å². The summed E-state index contributed by atoms with van der Waals surface area (Å²) in [7, 11) is 0. The van der Waals surface area contributed by atoms with Gasteiger partial charge in [-0.1, -0.05) is 58.4 Å². The first kappa shape index (κ1) is 20.3. The first-order valence-electron chi connectivity index (χ1n) is 9.23. The molecular weight excluding hydrogens is 464 g/mol. The largest absolute Gasteiger partial charge is 0.463 e. The molecule has 2 aromatic carbocycles. The van der Waals surface area contributed by atoms with Crippen molar-refractivity contribution in [1.82, 2.24) is 4.90 Å². The Morgan fingerprint density at radius 3 is 2.60 bits per heavy atom. The van der Waals surface area contributed by atoms with Crippen molar-refractivity contribution in [2.24, 2.45) is 10.7 Å². The molecule has 0 unspecified atom stereocenters. The highest BCUT2D eigenvalue weighted by Crippen LogP contribution is 2.47. The molecule has 0 saturated carbocycles. The smallest absolute Gasteiger partial charge is 0.338 e. The van der Waals surface area contributed by atoms with E-state index in [1.807, 2.05) is 54.6 Å². The van der Waals surface area contributed by atoms with Crippen LogP contribution in [-0.4, -0.2) is 22.6 Å². The normalized spacial score (nSPS) is 18.1. The van der Waals surface area contributed by atoms with Crippen LogP contribution in [-0.2, 0) is 9.53 Å². The molecule has 0 aliphatic carbocycles. The lowest BCUT2D eigenvalue weighted by molar-refractivity contribution is -0.139. The molecule has 0 saturated heterocycles. The van der Waals surface area contributed by atoms with Crippen LogP contribution in [0.2, 0.25) is 0 Å². The summed E-state index contributed by atoms with van der Waals surface area (Å²) in [5, 5.41) is 10.1. The number of rotatable bonds is 4. The number of thioether (sulfide) groups is 1. The monoisotopic (exact) mass is 480 g/mol. The lowest BCUT2D eigenvalue weighted by atomic mass is 9.92. The van der Waals surface area contributed by atoms with E-state index in [9.17, 15) is 10.1 Å². The number of aliphatic imine (C=N–C) groups is 1. The van der Waals surface area contributed by atoms with Gasteiger partial charge in [0.2, 0.25) is 0 Å². The van der Waals surface area contributed by atoms with E-state index < -0.39 is 12.0 Å². The van der Waals surface area contributed by atoms with Crippen molar-refractivity contribution in [3.05, 3.63) is 86.5 Å². The van der Waals surface area contributed by atoms with E-state index in [4.69, 9.17) is 15.5 Å². The fourth-order valence-electron chi connectivity index (χ4n) is 3.42. The molecule has 30 heavy (non-hydrogen) atoms. The molecule has 0 aromatic heterocycles. The maximum atomic E-state index is 13.2. The molecule has 2 aliphatic heterocycles. The molecule has 0 amide bonds. The zero-order valence-electron chi connectivity index (χ0n) is 16.0. The third kappa shape index (κ3) is 3.51. The minimum atomic E-state index is -0.571. The fourth-order valence-corrected chi connectivity index (χ4v) is 4.55. The summed E-state index contributed by atoms with van der Waals surface area (Å²) in [6, 6.07) is 18.7. The predicted molar refractivity (Wildman–Crippen MR) is 121 cm³/mol. The van der Waals surface area contributed by atoms with Crippen LogP contribution in [0.5, 0.6) is 0 Å². The molecule has 2 heterocycles. The predicted octanol–water partition coefficient (Wildman–Crippen LogP) is 4.53. The number of nitrogens with zero attached hydrogens (tertiary/aromatic N) is 3. The molecule has 8 heteroatoms. The van der Waals surface area contributed by atoms with Gasteiger partial charge in [-0.3, -0.25) is 4.90 Å². The summed E-state index contributed by atoms with van der Waals surface area (Å²) in [6.45, 7) is 2.00. The lowest BCUT2D eigenvalue weighted by Gasteiger charge is -2.35. The number of ether oxygens (including phenoxy) is 1. The molecule has 0 fully saturated rings. The Bertz CT molecular complexity index is 1130. The first-order valence-corrected chi connectivity index (χ1v) is 10.8. The van der Waals surface area contributed by atoms with Gasteiger partial charge in [-0.25, -0.2) is 9.79 Å². The van der Waals surface area contributed by atoms with Crippen molar-refractivity contribution in [1.29, 1.82) is 5.26 Å². The number of esters is 1. The standard InChI is InChI=1S/C22H17BrN4O2S/c1-2-29-21(28)17-18(13-6-4-3-5-7-13)26-22-27(20(25)16(12-24)30-22)19(17)14-8-10-15(23)11-9-14/h3-11,19H,2,25H2,1H3/t19-/m1/s1. The average molecular weight is 481 g/mol. The van der Waals surface area contributed by atoms with E-state index >= 15 is 0 Å². The molecule has 4 rings (SSSR count). The number of halogens is 1. The minimum absolute atomic E-state index is 0.234. The Morgan fingerprint density at radius 1 is 1.27 bits per heavy atom. The first-order chi connectivity index (χ1) is 14.5. The number of amidine groups is 1. The summed E-state index contributed by atoms with van der Waals surface area (Å²) >= 11 is 4.66. The summed E-state index contributed by atoms with van der Waals surface area (Å²) in [4.78, 5) is 20.0. The van der Waals surface area contributed by atoms with E-state index in [1.165, 1.54) is 11.8 Å². The Labute approximate surface area is 186 Å². The van der Waals surface area contributed by atoms with Gasteiger partial charge in [0.15, 0.2) is 5.17 Å². The number of carbonyl (C=O) groups excluding carboxylic acids is 1. The highest BCUT2D eigenvalue weighted by Gasteiger charge is 2.43. The molecule has 0 radical (unpaired) electrons. The van der Waals surface area contributed by atoms with E-state index in [0.717, 1.165) is 15.6 Å². The SMILES string of the molecule is CCOC(=O)C1=C(c2ccccc2)N=C2SC(C#N)=C(N)N2[C@@H]1c1ccc(Br)cc1. The maximum Gasteiger partial charge on any atom is 0.338 e. The van der Waals surface area contributed by atoms with Gasteiger partial charge in [0.05, 0.1) is 23.9 Å². The molecule has 0 bridgehead atoms. The van der Waals surface area contributed by atoms with Crippen LogP contribution >= 0.6 is 27.7 Å². The Balaban J connectivity index is 1.99. The molecule has 150 valence electrons. The van der Waals surface area contributed by atoms with E-state index in [1.54, 1.807) is 11.8 Å². The Hall–Kier alpha value is -3.02. The van der Waals surface area contributed by atoms with Crippen molar-refractivity contribution in [3.63, 3.8) is 0 Å². The van der Waals surface area contributed by atoms with Gasteiger partial charge in [0, 0.05) is 10.0 Å². The minimum Gasteiger partial charge on any atom is -0.463 e. The van der Waals surface area contributed by atoms with Crippen molar-refractivity contribution >= 4 is 44.5 Å². The number of benzene rings is 2. The van der Waals surface area contributed by atoms with Gasteiger partial charge in [-0.15, -0.1) is 0 Å². The molecule has 6 nitrogen and oxygen atoms in total. The number of allylic oxidation sites excluding steroid dienone is 1. The third-order valence-corrected chi connectivity index (χ3v) is 6.22. The zero-order chi connectivity index (χ0) is 21.3. The molecular formula is C22H17BrN4O2S. The highest BCUT2D eigenvalue weighted by atomic mass is 79.9. The number of carbonyl (C=O) groups is 1. The number of nitriles is 1. The quantitative estimate of drug-likeness (QED) is 0.645.